The van der Waals surface area contributed by atoms with Crippen LogP contribution in [-0.4, -0.2) is 61.5 Å². The fourth-order valence-corrected chi connectivity index (χ4v) is 11.2. The van der Waals surface area contributed by atoms with Crippen LogP contribution in [0.1, 0.15) is 90.2 Å². The first-order valence-corrected chi connectivity index (χ1v) is 21.7. The van der Waals surface area contributed by atoms with Crippen molar-refractivity contribution in [2.45, 2.75) is 110 Å². The van der Waals surface area contributed by atoms with Crippen LogP contribution in [0, 0.1) is 48.3 Å². The van der Waals surface area contributed by atoms with Crippen LogP contribution >= 0.6 is 0 Å². The molecule has 1 aromatic heterocycles. The number of hydrogen-bond donors (Lipinski definition) is 5. The number of para-hydroxylation sites is 1. The molecule has 8 atom stereocenters. The summed E-state index contributed by atoms with van der Waals surface area (Å²) < 4.78 is 36.9. The van der Waals surface area contributed by atoms with Gasteiger partial charge in [0.25, 0.3) is 15.9 Å². The van der Waals surface area contributed by atoms with Gasteiger partial charge in [0.2, 0.25) is 11.7 Å². The van der Waals surface area contributed by atoms with Crippen LogP contribution < -0.4 is 31.0 Å². The number of hydrogen-bond acceptors (Lipinski definition) is 11. The number of benzene rings is 2. The van der Waals surface area contributed by atoms with Gasteiger partial charge in [-0.1, -0.05) is 43.7 Å². The second-order valence-electron chi connectivity index (χ2n) is 16.9. The Bertz CT molecular complexity index is 2070. The highest BCUT2D eigenvalue weighted by atomic mass is 32.2. The van der Waals surface area contributed by atoms with E-state index in [2.05, 4.69) is 39.9 Å². The molecular formula is C44H62N6O7S. The van der Waals surface area contributed by atoms with Gasteiger partial charge in [-0.25, -0.2) is 13.4 Å². The lowest BCUT2D eigenvalue weighted by Crippen LogP contribution is -2.50. The third-order valence-corrected chi connectivity index (χ3v) is 14.7. The maximum absolute atomic E-state index is 12.3. The average Bonchev–Trinajstić information content (AvgIpc) is 3.54. The number of carbonyl (C=O) groups is 2. The second kappa shape index (κ2) is 18.2. The van der Waals surface area contributed by atoms with Gasteiger partial charge < -0.3 is 31.4 Å². The summed E-state index contributed by atoms with van der Waals surface area (Å²) in [4.78, 5) is 31.3. The van der Waals surface area contributed by atoms with Crippen LogP contribution in [0.4, 0.5) is 17.2 Å². The van der Waals surface area contributed by atoms with Crippen molar-refractivity contribution in [1.29, 1.82) is 0 Å². The van der Waals surface area contributed by atoms with Gasteiger partial charge in [-0.05, 0) is 143 Å². The van der Waals surface area contributed by atoms with Crippen LogP contribution in [0.2, 0.25) is 0 Å². The lowest BCUT2D eigenvalue weighted by Gasteiger charge is -2.57. The van der Waals surface area contributed by atoms with Crippen LogP contribution in [-0.2, 0) is 19.6 Å². The number of aliphatic hydroxyl groups excluding tert-OH is 1. The largest absolute Gasteiger partial charge is 0.489 e. The molecule has 3 saturated carbocycles. The Morgan fingerprint density at radius 2 is 1.62 bits per heavy atom. The van der Waals surface area contributed by atoms with Crippen molar-refractivity contribution in [3.05, 3.63) is 71.6 Å². The highest BCUT2D eigenvalue weighted by Crippen LogP contribution is 2.66. The number of allylic oxidation sites excluding steroid dienone is 1. The zero-order chi connectivity index (χ0) is 42.6. The summed E-state index contributed by atoms with van der Waals surface area (Å²) in [5.74, 6) is 3.06. The number of ether oxygens (including phenoxy) is 2. The first-order chi connectivity index (χ1) is 27.4. The molecule has 1 unspecified atom stereocenters. The molecule has 1 heterocycles. The fourth-order valence-electron chi connectivity index (χ4n) is 10.2. The number of carbonyl (C=O) groups excluding carboxylic acids is 2. The number of methoxy groups -OCH3 is 2. The first kappa shape index (κ1) is 44.6. The number of aromatic nitrogens is 2. The number of nitrogens with two attached hydrogens (primary N) is 2. The number of amides is 1. The van der Waals surface area contributed by atoms with Gasteiger partial charge in [0.1, 0.15) is 12.1 Å². The Balaban J connectivity index is 0.000000171. The number of rotatable bonds is 8. The Morgan fingerprint density at radius 3 is 2.22 bits per heavy atom. The van der Waals surface area contributed by atoms with E-state index in [0.29, 0.717) is 22.8 Å². The van der Waals surface area contributed by atoms with Crippen LogP contribution in [0.25, 0.3) is 0 Å². The van der Waals surface area contributed by atoms with E-state index in [-0.39, 0.29) is 39.8 Å². The second-order valence-corrected chi connectivity index (χ2v) is 18.6. The molecule has 0 spiro atoms. The molecule has 4 aliphatic carbocycles. The fraction of sp³-hybridized carbons (Fsp3) is 0.545. The summed E-state index contributed by atoms with van der Waals surface area (Å²) >= 11 is 0. The van der Waals surface area contributed by atoms with Gasteiger partial charge in [0.15, 0.2) is 5.82 Å². The number of anilines is 3. The topological polar surface area (TPSA) is 209 Å². The molecular weight excluding hydrogens is 757 g/mol. The van der Waals surface area contributed by atoms with Crippen molar-refractivity contribution in [3.63, 3.8) is 0 Å². The summed E-state index contributed by atoms with van der Waals surface area (Å²) in [5, 5.41) is 12.9. The van der Waals surface area contributed by atoms with Crippen LogP contribution in [0.5, 0.6) is 11.6 Å². The van der Waals surface area contributed by atoms with E-state index in [4.69, 9.17) is 20.9 Å². The van der Waals surface area contributed by atoms with Crippen molar-refractivity contribution < 1.29 is 32.6 Å². The SMILES string of the molecule is CC(=O)[C@H]1CC[C@H]2[C@@H]3CC=C4C[C@@H](O)CC[C@]4(C)[C@H]3CC[C@]12C.COc1ncnc(NS(=O)(=O)c2ccc(N)cc2)c1OC.Cc1cccc(C)c1NC(=O)C(C)N. The maximum Gasteiger partial charge on any atom is 0.263 e. The quantitative estimate of drug-likeness (QED) is 0.116. The van der Waals surface area contributed by atoms with E-state index in [1.807, 2.05) is 39.0 Å². The minimum absolute atomic E-state index is 0.0128. The number of Topliss-reactive ketones (excluding diaryl/α,β-unsaturated/α-hetero) is 1. The molecule has 3 fully saturated rings. The standard InChI is InChI=1S/C21H32O2.C12H14N4O4S.C11H16N2O/c1-13(22)17-6-7-18-16-5-4-14-12-15(23)8-10-20(14,2)19(16)9-11-21(17,18)3;1-19-10-11(14-7-15-12(10)20-2)16-21(17,18)9-5-3-8(13)4-6-9;1-7-5-4-6-8(2)10(7)13-11(14)9(3)12/h4,15-19,23H,5-12H2,1-3H3;3-7H,13H2,1-2H3,(H,14,15,16);4-6,9H,12H2,1-3H3,(H,13,14)/t15-,16-,17+,18-,19-,20-,21+;;/m0../s1. The predicted octanol–water partition coefficient (Wildman–Crippen LogP) is 6.98. The summed E-state index contributed by atoms with van der Waals surface area (Å²) in [6, 6.07) is 11.2. The number of sulfonamides is 1. The molecule has 0 aliphatic heterocycles. The molecule has 2 aromatic carbocycles. The molecule has 13 nitrogen and oxygen atoms in total. The molecule has 7 N–H and O–H groups in total. The van der Waals surface area contributed by atoms with Crippen molar-refractivity contribution in [1.82, 2.24) is 9.97 Å². The number of nitrogens with zero attached hydrogens (tertiary/aromatic N) is 2. The van der Waals surface area contributed by atoms with Crippen molar-refractivity contribution in [2.75, 3.05) is 30.0 Å². The lowest BCUT2D eigenvalue weighted by atomic mass is 9.47. The van der Waals surface area contributed by atoms with Gasteiger partial charge in [-0.3, -0.25) is 14.3 Å². The molecule has 14 heteroatoms. The third-order valence-electron chi connectivity index (χ3n) is 13.3. The normalized spacial score (nSPS) is 27.6. The summed E-state index contributed by atoms with van der Waals surface area (Å²) in [6.45, 7) is 12.3. The summed E-state index contributed by atoms with van der Waals surface area (Å²) in [5.41, 5.74) is 16.6. The maximum atomic E-state index is 12.3. The van der Waals surface area contributed by atoms with E-state index < -0.39 is 16.1 Å². The van der Waals surface area contributed by atoms with Gasteiger partial charge in [0.05, 0.1) is 31.3 Å². The van der Waals surface area contributed by atoms with Crippen LogP contribution in [0.3, 0.4) is 0 Å². The van der Waals surface area contributed by atoms with Gasteiger partial charge in [-0.2, -0.15) is 4.98 Å². The number of aliphatic hydroxyl groups is 1. The van der Waals surface area contributed by atoms with Crippen molar-refractivity contribution in [2.24, 2.45) is 40.2 Å². The summed E-state index contributed by atoms with van der Waals surface area (Å²) in [7, 11) is -1.06. The smallest absolute Gasteiger partial charge is 0.263 e. The Hall–Kier alpha value is -4.53. The average molecular weight is 819 g/mol. The van der Waals surface area contributed by atoms with Crippen LogP contribution in [0.15, 0.2) is 65.3 Å². The number of aryl methyl sites for hydroxylation is 2. The van der Waals surface area contributed by atoms with E-state index >= 15 is 0 Å². The lowest BCUT2D eigenvalue weighted by molar-refractivity contribution is -0.127. The van der Waals surface area contributed by atoms with Crippen molar-refractivity contribution >= 4 is 38.9 Å². The van der Waals surface area contributed by atoms with E-state index in [0.717, 1.165) is 60.3 Å². The Morgan fingerprint density at radius 1 is 0.948 bits per heavy atom. The third kappa shape index (κ3) is 9.34. The first-order valence-electron chi connectivity index (χ1n) is 20.2. The molecule has 0 bridgehead atoms. The molecule has 0 radical (unpaired) electrons. The van der Waals surface area contributed by atoms with Gasteiger partial charge in [0, 0.05) is 17.3 Å². The number of nitrogen functional groups attached to an aromatic ring is 1. The Labute approximate surface area is 343 Å². The molecule has 0 saturated heterocycles. The molecule has 4 aliphatic rings. The minimum atomic E-state index is -3.82. The van der Waals surface area contributed by atoms with Gasteiger partial charge in [-0.15, -0.1) is 0 Å². The summed E-state index contributed by atoms with van der Waals surface area (Å²) in [6.07, 6.45) is 12.6. The zero-order valence-electron chi connectivity index (χ0n) is 35.2. The van der Waals surface area contributed by atoms with E-state index in [1.54, 1.807) is 12.5 Å². The zero-order valence-corrected chi connectivity index (χ0v) is 36.0. The Kier molecular flexibility index (Phi) is 14.0. The molecule has 316 valence electrons. The van der Waals surface area contributed by atoms with E-state index in [1.165, 1.54) is 70.5 Å². The minimum Gasteiger partial charge on any atom is -0.489 e. The number of fused-ring (bicyclic) bond motifs is 5. The monoisotopic (exact) mass is 818 g/mol. The molecule has 3 aromatic rings. The highest BCUT2D eigenvalue weighted by molar-refractivity contribution is 7.92. The predicted molar refractivity (Wildman–Crippen MR) is 227 cm³/mol. The number of nitrogens with one attached hydrogen (secondary N) is 2. The van der Waals surface area contributed by atoms with Gasteiger partial charge >= 0.3 is 0 Å². The molecule has 1 amide bonds. The highest BCUT2D eigenvalue weighted by Gasteiger charge is 2.59. The number of ketones is 1. The van der Waals surface area contributed by atoms with E-state index in [9.17, 15) is 23.1 Å². The van der Waals surface area contributed by atoms with Crippen molar-refractivity contribution in [3.8, 4) is 11.6 Å². The molecule has 58 heavy (non-hydrogen) atoms. The molecule has 7 rings (SSSR count).